The first kappa shape index (κ1) is 19.0. The Morgan fingerprint density at radius 1 is 1.04 bits per heavy atom. The number of benzene rings is 2. The van der Waals surface area contributed by atoms with Crippen molar-refractivity contribution in [2.75, 3.05) is 14.2 Å². The van der Waals surface area contributed by atoms with Crippen molar-refractivity contribution >= 4 is 17.8 Å². The van der Waals surface area contributed by atoms with Gasteiger partial charge in [-0.25, -0.2) is 9.59 Å². The molecular weight excluding hydrogens is 338 g/mol. The molecule has 0 bridgehead atoms. The van der Waals surface area contributed by atoms with Gasteiger partial charge in [0.15, 0.2) is 0 Å². The van der Waals surface area contributed by atoms with Crippen molar-refractivity contribution in [2.45, 2.75) is 12.5 Å². The molecule has 136 valence electrons. The Morgan fingerprint density at radius 3 is 2.38 bits per heavy atom. The Bertz CT molecular complexity index is 817. The molecule has 0 spiro atoms. The van der Waals surface area contributed by atoms with Gasteiger partial charge < -0.3 is 19.9 Å². The molecule has 26 heavy (non-hydrogen) atoms. The van der Waals surface area contributed by atoms with E-state index in [0.29, 0.717) is 11.3 Å². The van der Waals surface area contributed by atoms with Crippen LogP contribution in [0, 0.1) is 0 Å². The smallest absolute Gasteiger partial charge is 0.337 e. The van der Waals surface area contributed by atoms with Crippen LogP contribution in [0.25, 0.3) is 0 Å². The number of hydrogen-bond acceptors (Lipinski definition) is 5. The van der Waals surface area contributed by atoms with Crippen molar-refractivity contribution < 1.29 is 29.0 Å². The quantitative estimate of drug-likeness (QED) is 0.734. The molecule has 0 heterocycles. The topological polar surface area (TPSA) is 102 Å². The van der Waals surface area contributed by atoms with Crippen LogP contribution in [0.1, 0.15) is 26.3 Å². The minimum atomic E-state index is -1.16. The summed E-state index contributed by atoms with van der Waals surface area (Å²) in [6.45, 7) is 0. The lowest BCUT2D eigenvalue weighted by atomic mass is 10.0. The predicted octanol–water partition coefficient (Wildman–Crippen LogP) is 1.91. The van der Waals surface area contributed by atoms with Crippen LogP contribution < -0.4 is 10.1 Å². The van der Waals surface area contributed by atoms with Gasteiger partial charge in [0.05, 0.1) is 19.8 Å². The second-order valence-electron chi connectivity index (χ2n) is 5.49. The summed E-state index contributed by atoms with van der Waals surface area (Å²) < 4.78 is 9.73. The summed E-state index contributed by atoms with van der Waals surface area (Å²) in [6.07, 6.45) is 0.0922. The summed E-state index contributed by atoms with van der Waals surface area (Å²) in [5, 5.41) is 11.9. The molecule has 1 atom stereocenters. The van der Waals surface area contributed by atoms with Crippen LogP contribution in [-0.4, -0.2) is 43.2 Å². The van der Waals surface area contributed by atoms with Crippen molar-refractivity contribution in [3.05, 3.63) is 65.2 Å². The maximum atomic E-state index is 12.4. The number of nitrogens with one attached hydrogen (secondary N) is 1. The highest BCUT2D eigenvalue weighted by Gasteiger charge is 2.22. The molecule has 0 aliphatic heterocycles. The van der Waals surface area contributed by atoms with E-state index in [9.17, 15) is 19.5 Å². The number of carbonyl (C=O) groups is 3. The molecule has 0 unspecified atom stereocenters. The van der Waals surface area contributed by atoms with Gasteiger partial charge in [-0.1, -0.05) is 18.2 Å². The Balaban J connectivity index is 2.15. The number of aliphatic carboxylic acids is 1. The van der Waals surface area contributed by atoms with Gasteiger partial charge in [0.25, 0.3) is 5.91 Å². The van der Waals surface area contributed by atoms with E-state index in [2.05, 4.69) is 10.1 Å². The van der Waals surface area contributed by atoms with E-state index in [-0.39, 0.29) is 17.5 Å². The average Bonchev–Trinajstić information content (AvgIpc) is 2.66. The first-order valence-corrected chi connectivity index (χ1v) is 7.79. The van der Waals surface area contributed by atoms with Crippen LogP contribution in [0.2, 0.25) is 0 Å². The van der Waals surface area contributed by atoms with Crippen molar-refractivity contribution in [3.63, 3.8) is 0 Å². The molecule has 7 nitrogen and oxygen atoms in total. The van der Waals surface area contributed by atoms with Gasteiger partial charge in [0, 0.05) is 12.0 Å². The zero-order chi connectivity index (χ0) is 19.1. The number of methoxy groups -OCH3 is 2. The highest BCUT2D eigenvalue weighted by Crippen LogP contribution is 2.14. The zero-order valence-electron chi connectivity index (χ0n) is 14.4. The fraction of sp³-hybridized carbons (Fsp3) is 0.211. The molecular formula is C19H19NO6. The van der Waals surface area contributed by atoms with Gasteiger partial charge in [-0.15, -0.1) is 0 Å². The third-order valence-electron chi connectivity index (χ3n) is 3.72. The predicted molar refractivity (Wildman–Crippen MR) is 93.4 cm³/mol. The van der Waals surface area contributed by atoms with Crippen molar-refractivity contribution in [1.82, 2.24) is 5.32 Å². The van der Waals surface area contributed by atoms with Crippen LogP contribution in [0.4, 0.5) is 0 Å². The number of amides is 1. The standard InChI is InChI=1S/C19H19NO6/c1-25-15-8-3-5-12(9-15)10-16(18(22)23)20-17(21)13-6-4-7-14(11-13)19(24)26-2/h3-9,11,16H,10H2,1-2H3,(H,20,21)(H,22,23)/t16-/m1/s1. The van der Waals surface area contributed by atoms with Crippen LogP contribution in [-0.2, 0) is 16.0 Å². The maximum Gasteiger partial charge on any atom is 0.337 e. The second kappa shape index (κ2) is 8.66. The Kier molecular flexibility index (Phi) is 6.32. The lowest BCUT2D eigenvalue weighted by Crippen LogP contribution is -2.42. The van der Waals surface area contributed by atoms with Gasteiger partial charge in [-0.05, 0) is 35.9 Å². The van der Waals surface area contributed by atoms with Gasteiger partial charge in [-0.2, -0.15) is 0 Å². The van der Waals surface area contributed by atoms with E-state index in [1.54, 1.807) is 24.3 Å². The van der Waals surface area contributed by atoms with Crippen LogP contribution in [0.5, 0.6) is 5.75 Å². The SMILES string of the molecule is COC(=O)c1cccc(C(=O)N[C@H](Cc2cccc(OC)c2)C(=O)O)c1. The molecule has 0 saturated heterocycles. The number of esters is 1. The number of rotatable bonds is 7. The first-order valence-electron chi connectivity index (χ1n) is 7.79. The normalized spacial score (nSPS) is 11.3. The zero-order valence-corrected chi connectivity index (χ0v) is 14.4. The molecule has 1 amide bonds. The minimum absolute atomic E-state index is 0.0922. The van der Waals surface area contributed by atoms with Gasteiger partial charge in [0.1, 0.15) is 11.8 Å². The third-order valence-corrected chi connectivity index (χ3v) is 3.72. The highest BCUT2D eigenvalue weighted by molar-refractivity contribution is 5.99. The first-order chi connectivity index (χ1) is 12.4. The van der Waals surface area contributed by atoms with Gasteiger partial charge in [0.2, 0.25) is 0 Å². The number of carbonyl (C=O) groups excluding carboxylic acids is 2. The highest BCUT2D eigenvalue weighted by atomic mass is 16.5. The van der Waals surface area contributed by atoms with Gasteiger partial charge in [-0.3, -0.25) is 4.79 Å². The summed E-state index contributed by atoms with van der Waals surface area (Å²) in [7, 11) is 2.76. The molecule has 2 aromatic carbocycles. The summed E-state index contributed by atoms with van der Waals surface area (Å²) in [4.78, 5) is 35.5. The summed E-state index contributed by atoms with van der Waals surface area (Å²) in [5.41, 5.74) is 1.09. The van der Waals surface area contributed by atoms with E-state index in [1.165, 1.54) is 38.5 Å². The lowest BCUT2D eigenvalue weighted by Gasteiger charge is -2.15. The maximum absolute atomic E-state index is 12.4. The summed E-state index contributed by atoms with van der Waals surface area (Å²) in [6, 6.07) is 11.7. The Labute approximate surface area is 150 Å². The second-order valence-corrected chi connectivity index (χ2v) is 5.49. The largest absolute Gasteiger partial charge is 0.497 e. The Hall–Kier alpha value is -3.35. The van der Waals surface area contributed by atoms with E-state index in [0.717, 1.165) is 0 Å². The molecule has 0 saturated carbocycles. The van der Waals surface area contributed by atoms with E-state index in [1.807, 2.05) is 0 Å². The molecule has 0 aromatic heterocycles. The fourth-order valence-corrected chi connectivity index (χ4v) is 2.38. The molecule has 2 rings (SSSR count). The van der Waals surface area contributed by atoms with Crippen molar-refractivity contribution in [3.8, 4) is 5.75 Å². The van der Waals surface area contributed by atoms with E-state index in [4.69, 9.17) is 4.74 Å². The average molecular weight is 357 g/mol. The van der Waals surface area contributed by atoms with Crippen LogP contribution in [0.15, 0.2) is 48.5 Å². The minimum Gasteiger partial charge on any atom is -0.497 e. The molecule has 2 aromatic rings. The monoisotopic (exact) mass is 357 g/mol. The van der Waals surface area contributed by atoms with E-state index >= 15 is 0 Å². The molecule has 0 fully saturated rings. The summed E-state index contributed by atoms with van der Waals surface area (Å²) >= 11 is 0. The van der Waals surface area contributed by atoms with Crippen molar-refractivity contribution in [2.24, 2.45) is 0 Å². The molecule has 7 heteroatoms. The van der Waals surface area contributed by atoms with Crippen molar-refractivity contribution in [1.29, 1.82) is 0 Å². The van der Waals surface area contributed by atoms with E-state index < -0.39 is 23.9 Å². The van der Waals surface area contributed by atoms with Gasteiger partial charge >= 0.3 is 11.9 Å². The number of carboxylic acid groups (broad SMARTS) is 1. The molecule has 0 aliphatic carbocycles. The Morgan fingerprint density at radius 2 is 1.73 bits per heavy atom. The molecule has 0 aliphatic rings. The lowest BCUT2D eigenvalue weighted by molar-refractivity contribution is -0.139. The third kappa shape index (κ3) is 4.83. The molecule has 0 radical (unpaired) electrons. The number of carboxylic acids is 1. The number of hydrogen-bond donors (Lipinski definition) is 2. The number of ether oxygens (including phenoxy) is 2. The van der Waals surface area contributed by atoms with Crippen LogP contribution >= 0.6 is 0 Å². The fourth-order valence-electron chi connectivity index (χ4n) is 2.38. The molecule has 2 N–H and O–H groups in total. The van der Waals surface area contributed by atoms with Crippen LogP contribution in [0.3, 0.4) is 0 Å². The summed E-state index contributed by atoms with van der Waals surface area (Å²) in [5.74, 6) is -1.73.